The third-order valence-electron chi connectivity index (χ3n) is 3.00. The topological polar surface area (TPSA) is 21.3 Å². The summed E-state index contributed by atoms with van der Waals surface area (Å²) in [5.74, 6) is 1.02. The zero-order chi connectivity index (χ0) is 14.3. The summed E-state index contributed by atoms with van der Waals surface area (Å²) in [6.45, 7) is 13.3. The molecule has 0 aliphatic rings. The van der Waals surface area contributed by atoms with Crippen molar-refractivity contribution in [1.29, 1.82) is 0 Å². The molecule has 0 saturated heterocycles. The van der Waals surface area contributed by atoms with Gasteiger partial charge in [0.05, 0.1) is 0 Å². The Bertz CT molecular complexity index is 408. The second-order valence-corrected chi connectivity index (χ2v) is 5.33. The first-order valence-electron chi connectivity index (χ1n) is 7.11. The number of benzene rings is 1. The lowest BCUT2D eigenvalue weighted by molar-refractivity contribution is 0.356. The van der Waals surface area contributed by atoms with Crippen LogP contribution in [0.4, 0.5) is 0 Å². The Kier molecular flexibility index (Phi) is 6.65. The van der Waals surface area contributed by atoms with Gasteiger partial charge in [0, 0.05) is 6.54 Å². The second-order valence-electron chi connectivity index (χ2n) is 5.33. The molecule has 0 amide bonds. The predicted octanol–water partition coefficient (Wildman–Crippen LogP) is 4.15. The average molecular weight is 261 g/mol. The predicted molar refractivity (Wildman–Crippen MR) is 82.8 cm³/mol. The van der Waals surface area contributed by atoms with Crippen molar-refractivity contribution in [3.8, 4) is 5.75 Å². The van der Waals surface area contributed by atoms with E-state index in [2.05, 4.69) is 58.1 Å². The molecule has 0 spiro atoms. The monoisotopic (exact) mass is 261 g/mol. The van der Waals surface area contributed by atoms with E-state index in [0.29, 0.717) is 6.61 Å². The van der Waals surface area contributed by atoms with Gasteiger partial charge < -0.3 is 10.1 Å². The van der Waals surface area contributed by atoms with Gasteiger partial charge in [0.1, 0.15) is 12.4 Å². The van der Waals surface area contributed by atoms with Crippen LogP contribution in [-0.2, 0) is 6.54 Å². The van der Waals surface area contributed by atoms with E-state index in [4.69, 9.17) is 4.74 Å². The fourth-order valence-electron chi connectivity index (χ4n) is 2.07. The molecule has 1 aromatic carbocycles. The standard InChI is InChI=1S/C17H27NO/c1-6-8-18-12-16-10-14(4)17(15(5)11-16)19-9-7-13(2)3/h7,10-11,18H,6,8-9,12H2,1-5H3. The van der Waals surface area contributed by atoms with Crippen molar-refractivity contribution in [2.24, 2.45) is 0 Å². The molecule has 0 aromatic heterocycles. The van der Waals surface area contributed by atoms with Crippen molar-refractivity contribution < 1.29 is 4.74 Å². The van der Waals surface area contributed by atoms with Gasteiger partial charge in [-0.3, -0.25) is 0 Å². The fourth-order valence-corrected chi connectivity index (χ4v) is 2.07. The normalized spacial score (nSPS) is 10.4. The lowest BCUT2D eigenvalue weighted by atomic mass is 10.1. The van der Waals surface area contributed by atoms with E-state index in [-0.39, 0.29) is 0 Å². The SMILES string of the molecule is CCCNCc1cc(C)c(OCC=C(C)C)c(C)c1. The number of nitrogens with one attached hydrogen (secondary N) is 1. The van der Waals surface area contributed by atoms with E-state index in [0.717, 1.165) is 18.8 Å². The molecule has 2 heteroatoms. The minimum absolute atomic E-state index is 0.650. The maximum absolute atomic E-state index is 5.86. The highest BCUT2D eigenvalue weighted by molar-refractivity contribution is 5.43. The van der Waals surface area contributed by atoms with E-state index in [1.54, 1.807) is 0 Å². The first-order chi connectivity index (χ1) is 9.04. The lowest BCUT2D eigenvalue weighted by Crippen LogP contribution is -2.14. The van der Waals surface area contributed by atoms with Gasteiger partial charge in [-0.25, -0.2) is 0 Å². The molecule has 1 rings (SSSR count). The quantitative estimate of drug-likeness (QED) is 0.588. The van der Waals surface area contributed by atoms with Crippen LogP contribution in [0.1, 0.15) is 43.9 Å². The van der Waals surface area contributed by atoms with Crippen molar-refractivity contribution in [2.75, 3.05) is 13.2 Å². The van der Waals surface area contributed by atoms with Gasteiger partial charge >= 0.3 is 0 Å². The number of hydrogen-bond acceptors (Lipinski definition) is 2. The van der Waals surface area contributed by atoms with Crippen LogP contribution in [0.2, 0.25) is 0 Å². The Morgan fingerprint density at radius 3 is 2.37 bits per heavy atom. The van der Waals surface area contributed by atoms with E-state index < -0.39 is 0 Å². The molecule has 0 aliphatic carbocycles. The van der Waals surface area contributed by atoms with Crippen LogP contribution in [-0.4, -0.2) is 13.2 Å². The fraction of sp³-hybridized carbons (Fsp3) is 0.529. The highest BCUT2D eigenvalue weighted by Crippen LogP contribution is 2.25. The molecule has 0 bridgehead atoms. The zero-order valence-electron chi connectivity index (χ0n) is 13.0. The summed E-state index contributed by atoms with van der Waals surface area (Å²) in [6.07, 6.45) is 3.28. The zero-order valence-corrected chi connectivity index (χ0v) is 13.0. The van der Waals surface area contributed by atoms with Crippen molar-refractivity contribution in [3.63, 3.8) is 0 Å². The average Bonchev–Trinajstić information content (AvgIpc) is 2.32. The minimum Gasteiger partial charge on any atom is -0.489 e. The number of hydrogen-bond donors (Lipinski definition) is 1. The minimum atomic E-state index is 0.650. The van der Waals surface area contributed by atoms with Gasteiger partial charge in [-0.15, -0.1) is 0 Å². The Morgan fingerprint density at radius 1 is 1.21 bits per heavy atom. The molecular formula is C17H27NO. The van der Waals surface area contributed by atoms with Crippen LogP contribution in [0.15, 0.2) is 23.8 Å². The Hall–Kier alpha value is -1.28. The molecule has 0 atom stereocenters. The largest absolute Gasteiger partial charge is 0.489 e. The van der Waals surface area contributed by atoms with E-state index >= 15 is 0 Å². The van der Waals surface area contributed by atoms with E-state index in [1.165, 1.54) is 28.7 Å². The number of ether oxygens (including phenoxy) is 1. The van der Waals surface area contributed by atoms with Crippen LogP contribution < -0.4 is 10.1 Å². The molecule has 0 fully saturated rings. The first-order valence-corrected chi connectivity index (χ1v) is 7.11. The van der Waals surface area contributed by atoms with Crippen molar-refractivity contribution in [3.05, 3.63) is 40.5 Å². The van der Waals surface area contributed by atoms with Crippen molar-refractivity contribution in [2.45, 2.75) is 47.6 Å². The molecule has 0 radical (unpaired) electrons. The van der Waals surface area contributed by atoms with Crippen molar-refractivity contribution in [1.82, 2.24) is 5.32 Å². The Morgan fingerprint density at radius 2 is 1.84 bits per heavy atom. The van der Waals surface area contributed by atoms with E-state index in [9.17, 15) is 0 Å². The molecule has 1 N–H and O–H groups in total. The summed E-state index contributed by atoms with van der Waals surface area (Å²) in [6, 6.07) is 4.43. The summed E-state index contributed by atoms with van der Waals surface area (Å²) in [5.41, 5.74) is 5.06. The van der Waals surface area contributed by atoms with E-state index in [1.807, 2.05) is 0 Å². The van der Waals surface area contributed by atoms with Gasteiger partial charge in [0.15, 0.2) is 0 Å². The molecule has 1 aromatic rings. The Labute approximate surface area is 117 Å². The number of allylic oxidation sites excluding steroid dienone is 1. The molecule has 106 valence electrons. The molecule has 0 unspecified atom stereocenters. The molecule has 0 heterocycles. The first kappa shape index (κ1) is 15.8. The van der Waals surface area contributed by atoms with Gasteiger partial charge in [0.25, 0.3) is 0 Å². The summed E-state index contributed by atoms with van der Waals surface area (Å²) in [5, 5.41) is 3.43. The van der Waals surface area contributed by atoms with Crippen LogP contribution in [0.25, 0.3) is 0 Å². The summed E-state index contributed by atoms with van der Waals surface area (Å²) in [7, 11) is 0. The molecule has 2 nitrogen and oxygen atoms in total. The van der Waals surface area contributed by atoms with Crippen LogP contribution in [0.5, 0.6) is 5.75 Å². The maximum atomic E-state index is 5.86. The van der Waals surface area contributed by atoms with Gasteiger partial charge in [-0.2, -0.15) is 0 Å². The van der Waals surface area contributed by atoms with Crippen LogP contribution >= 0.6 is 0 Å². The molecule has 0 aliphatic heterocycles. The Balaban J connectivity index is 2.71. The smallest absolute Gasteiger partial charge is 0.125 e. The number of aryl methyl sites for hydroxylation is 2. The van der Waals surface area contributed by atoms with Gasteiger partial charge in [-0.1, -0.05) is 24.6 Å². The highest BCUT2D eigenvalue weighted by atomic mass is 16.5. The second kappa shape index (κ2) is 8.00. The van der Waals surface area contributed by atoms with Gasteiger partial charge in [-0.05, 0) is 63.4 Å². The van der Waals surface area contributed by atoms with Gasteiger partial charge in [0.2, 0.25) is 0 Å². The van der Waals surface area contributed by atoms with Crippen LogP contribution in [0.3, 0.4) is 0 Å². The third kappa shape index (κ3) is 5.48. The van der Waals surface area contributed by atoms with Crippen molar-refractivity contribution >= 4 is 0 Å². The summed E-state index contributed by atoms with van der Waals surface area (Å²) in [4.78, 5) is 0. The van der Waals surface area contributed by atoms with Crippen LogP contribution in [0, 0.1) is 13.8 Å². The molecule has 0 saturated carbocycles. The number of rotatable bonds is 7. The molecule has 19 heavy (non-hydrogen) atoms. The summed E-state index contributed by atoms with van der Waals surface area (Å²) >= 11 is 0. The maximum Gasteiger partial charge on any atom is 0.125 e. The molecular weight excluding hydrogens is 234 g/mol. The third-order valence-corrected chi connectivity index (χ3v) is 3.00. The lowest BCUT2D eigenvalue weighted by Gasteiger charge is -2.13. The highest BCUT2D eigenvalue weighted by Gasteiger charge is 2.06. The summed E-state index contributed by atoms with van der Waals surface area (Å²) < 4.78 is 5.86.